The van der Waals surface area contributed by atoms with Crippen molar-refractivity contribution in [2.75, 3.05) is 25.9 Å². The van der Waals surface area contributed by atoms with Crippen LogP contribution in [0.4, 0.5) is 4.39 Å². The van der Waals surface area contributed by atoms with E-state index in [1.807, 2.05) is 6.20 Å². The Kier molecular flexibility index (Phi) is 10.3. The Balaban J connectivity index is 0.00000288. The highest BCUT2D eigenvalue weighted by atomic mass is 127. The topological polar surface area (TPSA) is 49.3 Å². The molecule has 0 aliphatic rings. The molecule has 2 N–H and O–H groups in total. The highest BCUT2D eigenvalue weighted by Crippen LogP contribution is 2.17. The molecule has 24 heavy (non-hydrogen) atoms. The number of aryl methyl sites for hydroxylation is 1. The van der Waals surface area contributed by atoms with Crippen molar-refractivity contribution in [3.05, 3.63) is 46.2 Å². The fourth-order valence-corrected chi connectivity index (χ4v) is 3.45. The molecule has 2 aromatic rings. The van der Waals surface area contributed by atoms with E-state index in [1.165, 1.54) is 17.0 Å². The second kappa shape index (κ2) is 11.6. The molecule has 0 saturated carbocycles. The number of hydrogen-bond donors (Lipinski definition) is 2. The van der Waals surface area contributed by atoms with Gasteiger partial charge in [0.1, 0.15) is 5.82 Å². The molecule has 0 aliphatic heterocycles. The van der Waals surface area contributed by atoms with Crippen LogP contribution in [0.5, 0.6) is 0 Å². The summed E-state index contributed by atoms with van der Waals surface area (Å²) in [6.45, 7) is 3.66. The Morgan fingerprint density at radius 1 is 1.25 bits per heavy atom. The maximum absolute atomic E-state index is 12.8. The van der Waals surface area contributed by atoms with Crippen LogP contribution in [0.2, 0.25) is 0 Å². The van der Waals surface area contributed by atoms with E-state index in [0.29, 0.717) is 0 Å². The molecule has 8 heteroatoms. The number of thioether (sulfide) groups is 1. The first-order valence-corrected chi connectivity index (χ1v) is 9.22. The van der Waals surface area contributed by atoms with Gasteiger partial charge in [-0.05, 0) is 31.2 Å². The Morgan fingerprint density at radius 3 is 2.58 bits per heavy atom. The third-order valence-corrected chi connectivity index (χ3v) is 4.99. The third kappa shape index (κ3) is 7.80. The van der Waals surface area contributed by atoms with Crippen LogP contribution in [0.3, 0.4) is 0 Å². The van der Waals surface area contributed by atoms with Gasteiger partial charge in [0.2, 0.25) is 0 Å². The fourth-order valence-electron chi connectivity index (χ4n) is 1.89. The third-order valence-electron chi connectivity index (χ3n) is 3.00. The van der Waals surface area contributed by atoms with E-state index in [-0.39, 0.29) is 29.8 Å². The highest BCUT2D eigenvalue weighted by molar-refractivity contribution is 14.0. The van der Waals surface area contributed by atoms with E-state index < -0.39 is 0 Å². The van der Waals surface area contributed by atoms with Crippen molar-refractivity contribution in [3.8, 4) is 0 Å². The zero-order valence-corrected chi connectivity index (χ0v) is 17.7. The molecule has 2 rings (SSSR count). The Labute approximate surface area is 167 Å². The predicted molar refractivity (Wildman–Crippen MR) is 112 cm³/mol. The number of rotatable bonds is 7. The van der Waals surface area contributed by atoms with Gasteiger partial charge < -0.3 is 10.6 Å². The van der Waals surface area contributed by atoms with E-state index in [2.05, 4.69) is 27.5 Å². The van der Waals surface area contributed by atoms with Crippen LogP contribution in [0.25, 0.3) is 0 Å². The molecule has 0 aliphatic carbocycles. The molecular formula is C16H22FIN4S2. The van der Waals surface area contributed by atoms with Gasteiger partial charge in [0.15, 0.2) is 5.96 Å². The van der Waals surface area contributed by atoms with Gasteiger partial charge in [-0.25, -0.2) is 9.37 Å². The summed E-state index contributed by atoms with van der Waals surface area (Å²) < 4.78 is 12.8. The van der Waals surface area contributed by atoms with E-state index in [1.54, 1.807) is 42.3 Å². The van der Waals surface area contributed by atoms with Crippen LogP contribution in [0.15, 0.2) is 40.4 Å². The first-order valence-electron chi connectivity index (χ1n) is 7.41. The average molecular weight is 480 g/mol. The average Bonchev–Trinajstić information content (AvgIpc) is 2.97. The number of aliphatic imine (C=N–C) groups is 1. The van der Waals surface area contributed by atoms with Crippen molar-refractivity contribution in [1.29, 1.82) is 0 Å². The number of benzene rings is 1. The van der Waals surface area contributed by atoms with Crippen LogP contribution in [0.1, 0.15) is 9.88 Å². The van der Waals surface area contributed by atoms with Gasteiger partial charge in [0, 0.05) is 48.3 Å². The van der Waals surface area contributed by atoms with Crippen LogP contribution >= 0.6 is 47.1 Å². The lowest BCUT2D eigenvalue weighted by atomic mass is 10.4. The van der Waals surface area contributed by atoms with Crippen LogP contribution in [-0.2, 0) is 6.42 Å². The van der Waals surface area contributed by atoms with Gasteiger partial charge in [0.05, 0.1) is 5.01 Å². The second-order valence-corrected chi connectivity index (χ2v) is 7.33. The molecule has 0 unspecified atom stereocenters. The minimum Gasteiger partial charge on any atom is -0.356 e. The zero-order chi connectivity index (χ0) is 16.5. The summed E-state index contributed by atoms with van der Waals surface area (Å²) in [5, 5.41) is 7.69. The van der Waals surface area contributed by atoms with Crippen molar-refractivity contribution < 1.29 is 4.39 Å². The normalized spacial score (nSPS) is 11.0. The monoisotopic (exact) mass is 480 g/mol. The number of thiazole rings is 1. The molecule has 0 amide bonds. The van der Waals surface area contributed by atoms with Crippen molar-refractivity contribution in [1.82, 2.24) is 15.6 Å². The lowest BCUT2D eigenvalue weighted by Gasteiger charge is -2.11. The van der Waals surface area contributed by atoms with Gasteiger partial charge >= 0.3 is 0 Å². The van der Waals surface area contributed by atoms with E-state index in [9.17, 15) is 4.39 Å². The van der Waals surface area contributed by atoms with Gasteiger partial charge in [-0.15, -0.1) is 47.1 Å². The molecule has 1 aromatic carbocycles. The van der Waals surface area contributed by atoms with Gasteiger partial charge in [-0.2, -0.15) is 0 Å². The lowest BCUT2D eigenvalue weighted by Crippen LogP contribution is -2.39. The summed E-state index contributed by atoms with van der Waals surface area (Å²) in [6.07, 6.45) is 2.79. The van der Waals surface area contributed by atoms with Crippen LogP contribution in [0, 0.1) is 12.7 Å². The lowest BCUT2D eigenvalue weighted by molar-refractivity contribution is 0.626. The Morgan fingerprint density at radius 2 is 1.96 bits per heavy atom. The number of nitrogens with one attached hydrogen (secondary N) is 2. The Hall–Kier alpha value is -0.870. The summed E-state index contributed by atoms with van der Waals surface area (Å²) in [6, 6.07) is 6.55. The maximum atomic E-state index is 12.8. The minimum absolute atomic E-state index is 0. The van der Waals surface area contributed by atoms with Crippen molar-refractivity contribution in [3.63, 3.8) is 0 Å². The summed E-state index contributed by atoms with van der Waals surface area (Å²) in [7, 11) is 1.76. The maximum Gasteiger partial charge on any atom is 0.191 e. The summed E-state index contributed by atoms with van der Waals surface area (Å²) in [5.74, 6) is 1.48. The van der Waals surface area contributed by atoms with E-state index in [4.69, 9.17) is 0 Å². The molecular weight excluding hydrogens is 458 g/mol. The molecule has 1 aromatic heterocycles. The van der Waals surface area contributed by atoms with Crippen molar-refractivity contribution in [2.45, 2.75) is 18.2 Å². The highest BCUT2D eigenvalue weighted by Gasteiger charge is 2.01. The van der Waals surface area contributed by atoms with Crippen LogP contribution < -0.4 is 10.6 Å². The van der Waals surface area contributed by atoms with E-state index >= 15 is 0 Å². The quantitative estimate of drug-likeness (QED) is 0.209. The molecule has 0 atom stereocenters. The second-order valence-electron chi connectivity index (χ2n) is 4.84. The standard InChI is InChI=1S/C16H21FN4S2.HI/c1-12-11-21-15(23-12)7-8-19-16(18-2)20-9-10-22-14-5-3-13(17)4-6-14;/h3-6,11H,7-10H2,1-2H3,(H2,18,19,20);1H. The molecule has 1 heterocycles. The predicted octanol–water partition coefficient (Wildman–Crippen LogP) is 3.71. The first kappa shape index (κ1) is 21.2. The summed E-state index contributed by atoms with van der Waals surface area (Å²) in [4.78, 5) is 10.8. The molecule has 0 fully saturated rings. The summed E-state index contributed by atoms with van der Waals surface area (Å²) >= 11 is 3.41. The smallest absolute Gasteiger partial charge is 0.191 e. The number of aromatic nitrogens is 1. The summed E-state index contributed by atoms with van der Waals surface area (Å²) in [5.41, 5.74) is 0. The Bertz CT molecular complexity index is 631. The fraction of sp³-hybridized carbons (Fsp3) is 0.375. The van der Waals surface area contributed by atoms with Crippen molar-refractivity contribution in [2.24, 2.45) is 4.99 Å². The molecule has 4 nitrogen and oxygen atoms in total. The molecule has 132 valence electrons. The molecule has 0 saturated heterocycles. The minimum atomic E-state index is -0.201. The molecule has 0 spiro atoms. The SMILES string of the molecule is CN=C(NCCSc1ccc(F)cc1)NCCc1ncc(C)s1.I. The zero-order valence-electron chi connectivity index (χ0n) is 13.7. The van der Waals surface area contributed by atoms with Crippen molar-refractivity contribution >= 4 is 53.0 Å². The van der Waals surface area contributed by atoms with Crippen LogP contribution in [-0.4, -0.2) is 36.8 Å². The number of halogens is 2. The number of guanidine groups is 1. The number of hydrogen-bond acceptors (Lipinski definition) is 4. The van der Waals surface area contributed by atoms with E-state index in [0.717, 1.165) is 41.1 Å². The number of nitrogens with zero attached hydrogens (tertiary/aromatic N) is 2. The largest absolute Gasteiger partial charge is 0.356 e. The molecule has 0 bridgehead atoms. The van der Waals surface area contributed by atoms with Gasteiger partial charge in [0.25, 0.3) is 0 Å². The molecule has 0 radical (unpaired) electrons. The van der Waals surface area contributed by atoms with Gasteiger partial charge in [-0.1, -0.05) is 0 Å². The van der Waals surface area contributed by atoms with Gasteiger partial charge in [-0.3, -0.25) is 4.99 Å². The first-order chi connectivity index (χ1) is 11.2.